The summed E-state index contributed by atoms with van der Waals surface area (Å²) < 4.78 is 10.3. The van der Waals surface area contributed by atoms with E-state index in [4.69, 9.17) is 9.15 Å². The molecule has 1 aromatic heterocycles. The molecule has 26 heavy (non-hydrogen) atoms. The largest absolute Gasteiger partial charge is 0.497 e. The minimum Gasteiger partial charge on any atom is -0.497 e. The van der Waals surface area contributed by atoms with E-state index in [1.807, 2.05) is 0 Å². The Kier molecular flexibility index (Phi) is 7.16. The molecule has 0 saturated heterocycles. The molecule has 0 unspecified atom stereocenters. The molecule has 2 rings (SSSR count). The van der Waals surface area contributed by atoms with Crippen molar-refractivity contribution in [3.8, 4) is 5.75 Å². The molecule has 1 heterocycles. The van der Waals surface area contributed by atoms with E-state index in [1.54, 1.807) is 25.2 Å². The van der Waals surface area contributed by atoms with Gasteiger partial charge in [-0.05, 0) is 31.0 Å². The molecule has 0 aliphatic heterocycles. The Morgan fingerprint density at radius 2 is 1.96 bits per heavy atom. The Labute approximate surface area is 150 Å². The highest BCUT2D eigenvalue weighted by atomic mass is 16.5. The number of benzene rings is 1. The first kappa shape index (κ1) is 19.5. The number of carbonyl (C=O) groups is 2. The van der Waals surface area contributed by atoms with Gasteiger partial charge in [-0.2, -0.15) is 0 Å². The summed E-state index contributed by atoms with van der Waals surface area (Å²) in [7, 11) is 3.15. The SMILES string of the molecule is CNNC(=O)CCCCCNC(=O)c1cc2ccc(OC)cc2oc1=O. The third-order valence-electron chi connectivity index (χ3n) is 3.82. The first-order valence-electron chi connectivity index (χ1n) is 8.41. The van der Waals surface area contributed by atoms with E-state index in [0.29, 0.717) is 36.1 Å². The van der Waals surface area contributed by atoms with Crippen molar-refractivity contribution in [1.29, 1.82) is 0 Å². The van der Waals surface area contributed by atoms with Gasteiger partial charge in [0.2, 0.25) is 5.91 Å². The van der Waals surface area contributed by atoms with Crippen molar-refractivity contribution in [2.45, 2.75) is 25.7 Å². The van der Waals surface area contributed by atoms with E-state index in [0.717, 1.165) is 12.8 Å². The molecular formula is C18H23N3O5. The number of methoxy groups -OCH3 is 1. The summed E-state index contributed by atoms with van der Waals surface area (Å²) in [5.74, 6) is 0.0348. The van der Waals surface area contributed by atoms with E-state index in [9.17, 15) is 14.4 Å². The Hall–Kier alpha value is -2.87. The van der Waals surface area contributed by atoms with E-state index >= 15 is 0 Å². The van der Waals surface area contributed by atoms with Gasteiger partial charge in [-0.25, -0.2) is 10.2 Å². The van der Waals surface area contributed by atoms with Crippen LogP contribution >= 0.6 is 0 Å². The molecule has 0 aliphatic carbocycles. The van der Waals surface area contributed by atoms with Crippen molar-refractivity contribution in [2.24, 2.45) is 0 Å². The zero-order valence-corrected chi connectivity index (χ0v) is 14.9. The van der Waals surface area contributed by atoms with Crippen molar-refractivity contribution in [2.75, 3.05) is 20.7 Å². The van der Waals surface area contributed by atoms with Crippen LogP contribution in [0.5, 0.6) is 5.75 Å². The molecule has 0 bridgehead atoms. The number of hydrogen-bond acceptors (Lipinski definition) is 6. The molecule has 0 fully saturated rings. The predicted molar refractivity (Wildman–Crippen MR) is 97.0 cm³/mol. The van der Waals surface area contributed by atoms with Crippen molar-refractivity contribution in [3.63, 3.8) is 0 Å². The number of unbranched alkanes of at least 4 members (excludes halogenated alkanes) is 2. The van der Waals surface area contributed by atoms with Gasteiger partial charge in [0.05, 0.1) is 7.11 Å². The lowest BCUT2D eigenvalue weighted by Gasteiger charge is -2.06. The van der Waals surface area contributed by atoms with E-state index in [2.05, 4.69) is 16.2 Å². The summed E-state index contributed by atoms with van der Waals surface area (Å²) in [4.78, 5) is 35.5. The standard InChI is InChI=1S/C18H23N3O5/c1-19-21-16(22)6-4-3-5-9-20-17(23)14-10-12-7-8-13(25-2)11-15(12)26-18(14)24/h7-8,10-11,19H,3-6,9H2,1-2H3,(H,20,23)(H,21,22). The number of fused-ring (bicyclic) bond motifs is 1. The number of ether oxygens (including phenoxy) is 1. The fourth-order valence-electron chi connectivity index (χ4n) is 2.46. The summed E-state index contributed by atoms with van der Waals surface area (Å²) in [5.41, 5.74) is 4.71. The van der Waals surface area contributed by atoms with Gasteiger partial charge >= 0.3 is 5.63 Å². The molecule has 0 radical (unpaired) electrons. The quantitative estimate of drug-likeness (QED) is 0.353. The summed E-state index contributed by atoms with van der Waals surface area (Å²) in [6, 6.07) is 6.57. The van der Waals surface area contributed by atoms with E-state index in [1.165, 1.54) is 13.2 Å². The lowest BCUT2D eigenvalue weighted by atomic mass is 10.1. The second kappa shape index (κ2) is 9.57. The fourth-order valence-corrected chi connectivity index (χ4v) is 2.46. The molecule has 140 valence electrons. The Morgan fingerprint density at radius 3 is 2.69 bits per heavy atom. The molecule has 8 nitrogen and oxygen atoms in total. The molecular weight excluding hydrogens is 338 g/mol. The fraction of sp³-hybridized carbons (Fsp3) is 0.389. The number of hydrazine groups is 1. The second-order valence-corrected chi connectivity index (χ2v) is 5.72. The van der Waals surface area contributed by atoms with Crippen molar-refractivity contribution < 1.29 is 18.7 Å². The molecule has 0 spiro atoms. The molecule has 8 heteroatoms. The van der Waals surface area contributed by atoms with Crippen LogP contribution < -0.4 is 26.5 Å². The maximum Gasteiger partial charge on any atom is 0.349 e. The zero-order valence-electron chi connectivity index (χ0n) is 14.9. The highest BCUT2D eigenvalue weighted by Crippen LogP contribution is 2.20. The molecule has 0 atom stereocenters. The topological polar surface area (TPSA) is 110 Å². The van der Waals surface area contributed by atoms with Gasteiger partial charge in [-0.1, -0.05) is 6.42 Å². The third-order valence-corrected chi connectivity index (χ3v) is 3.82. The van der Waals surface area contributed by atoms with Gasteiger partial charge in [0.15, 0.2) is 0 Å². The molecule has 0 saturated carbocycles. The van der Waals surface area contributed by atoms with Crippen LogP contribution in [0.3, 0.4) is 0 Å². The number of nitrogens with one attached hydrogen (secondary N) is 3. The van der Waals surface area contributed by atoms with Gasteiger partial charge in [-0.15, -0.1) is 0 Å². The van der Waals surface area contributed by atoms with Gasteiger partial charge in [-0.3, -0.25) is 15.0 Å². The van der Waals surface area contributed by atoms with E-state index in [-0.39, 0.29) is 11.5 Å². The first-order valence-corrected chi connectivity index (χ1v) is 8.41. The molecule has 2 amide bonds. The summed E-state index contributed by atoms with van der Waals surface area (Å²) in [6.45, 7) is 0.423. The van der Waals surface area contributed by atoms with Crippen molar-refractivity contribution in [1.82, 2.24) is 16.2 Å². The predicted octanol–water partition coefficient (Wildman–Crippen LogP) is 1.34. The minimum atomic E-state index is -0.688. The average Bonchev–Trinajstić information content (AvgIpc) is 2.63. The average molecular weight is 361 g/mol. The lowest BCUT2D eigenvalue weighted by molar-refractivity contribution is -0.122. The molecule has 2 aromatic rings. The molecule has 3 N–H and O–H groups in total. The second-order valence-electron chi connectivity index (χ2n) is 5.72. The van der Waals surface area contributed by atoms with Crippen molar-refractivity contribution in [3.05, 3.63) is 40.2 Å². The van der Waals surface area contributed by atoms with Gasteiger partial charge in [0, 0.05) is 31.5 Å². The minimum absolute atomic E-state index is 0.0314. The number of amides is 2. The van der Waals surface area contributed by atoms with Crippen molar-refractivity contribution >= 4 is 22.8 Å². The smallest absolute Gasteiger partial charge is 0.349 e. The van der Waals surface area contributed by atoms with Crippen LogP contribution in [0.1, 0.15) is 36.0 Å². The maximum atomic E-state index is 12.2. The van der Waals surface area contributed by atoms with Crippen LogP contribution in [0.25, 0.3) is 11.0 Å². The van der Waals surface area contributed by atoms with Crippen LogP contribution in [0.4, 0.5) is 0 Å². The van der Waals surface area contributed by atoms with Gasteiger partial charge in [0.1, 0.15) is 16.9 Å². The zero-order chi connectivity index (χ0) is 18.9. The summed E-state index contributed by atoms with van der Waals surface area (Å²) in [5, 5.41) is 3.35. The number of carbonyl (C=O) groups excluding carboxylic acids is 2. The van der Waals surface area contributed by atoms with Gasteiger partial charge in [0.25, 0.3) is 5.91 Å². The lowest BCUT2D eigenvalue weighted by Crippen LogP contribution is -2.33. The summed E-state index contributed by atoms with van der Waals surface area (Å²) >= 11 is 0. The molecule has 0 aliphatic rings. The van der Waals surface area contributed by atoms with E-state index < -0.39 is 11.5 Å². The maximum absolute atomic E-state index is 12.2. The number of hydrogen-bond donors (Lipinski definition) is 3. The van der Waals surface area contributed by atoms with Crippen LogP contribution in [0.2, 0.25) is 0 Å². The van der Waals surface area contributed by atoms with Crippen LogP contribution in [-0.4, -0.2) is 32.5 Å². The Bertz CT molecular complexity index is 831. The Balaban J connectivity index is 1.86. The van der Waals surface area contributed by atoms with Crippen LogP contribution in [0.15, 0.2) is 33.5 Å². The highest BCUT2D eigenvalue weighted by molar-refractivity contribution is 5.96. The monoisotopic (exact) mass is 361 g/mol. The van der Waals surface area contributed by atoms with Gasteiger partial charge < -0.3 is 14.5 Å². The Morgan fingerprint density at radius 1 is 1.15 bits per heavy atom. The van der Waals surface area contributed by atoms with Crippen LogP contribution in [0, 0.1) is 0 Å². The normalized spacial score (nSPS) is 10.5. The number of rotatable bonds is 9. The third kappa shape index (κ3) is 5.32. The van der Waals surface area contributed by atoms with Crippen LogP contribution in [-0.2, 0) is 4.79 Å². The highest BCUT2D eigenvalue weighted by Gasteiger charge is 2.13. The first-order chi connectivity index (χ1) is 12.5. The summed E-state index contributed by atoms with van der Waals surface area (Å²) in [6.07, 6.45) is 2.66. The molecule has 1 aromatic carbocycles.